The number of rotatable bonds is 2. The molecule has 1 aromatic carbocycles. The minimum absolute atomic E-state index is 0. The molecule has 1 atom stereocenters. The number of methoxy groups -OCH3 is 1. The smallest absolute Gasteiger partial charge is 0.119 e. The second-order valence-corrected chi connectivity index (χ2v) is 5.44. The number of halogens is 1. The molecule has 5 heteroatoms. The van der Waals surface area contributed by atoms with Crippen LogP contribution in [0.4, 0.5) is 0 Å². The summed E-state index contributed by atoms with van der Waals surface area (Å²) < 4.78 is 6.59. The van der Waals surface area contributed by atoms with Crippen molar-refractivity contribution in [2.24, 2.45) is 4.99 Å². The van der Waals surface area contributed by atoms with Crippen molar-refractivity contribution in [3.05, 3.63) is 40.9 Å². The fourth-order valence-corrected chi connectivity index (χ4v) is 3.33. The summed E-state index contributed by atoms with van der Waals surface area (Å²) in [5.41, 5.74) is 1.28. The molecule has 0 aliphatic carbocycles. The predicted molar refractivity (Wildman–Crippen MR) is 83.9 cm³/mol. The maximum absolute atomic E-state index is 5.31. The molecular weight excluding hydrogens is 280 g/mol. The van der Waals surface area contributed by atoms with E-state index in [9.17, 15) is 0 Å². The molecule has 0 fully saturated rings. The maximum Gasteiger partial charge on any atom is 0.119 e. The lowest BCUT2D eigenvalue weighted by atomic mass is 10.0. The zero-order chi connectivity index (χ0) is 12.5. The topological polar surface area (TPSA) is 33.6 Å². The standard InChI is InChI=1S/C14H14N2OS.ClH/c1-9-14(12-5-6-15-8-16-12)11-7-10(17-2)3-4-13(11)18-9;/h3-8,12H,1-2H3,(H,15,16);1H. The Bertz CT molecular complexity index is 636. The van der Waals surface area contributed by atoms with Crippen molar-refractivity contribution in [1.82, 2.24) is 5.32 Å². The third-order valence-corrected chi connectivity index (χ3v) is 4.20. The van der Waals surface area contributed by atoms with E-state index in [4.69, 9.17) is 4.74 Å². The van der Waals surface area contributed by atoms with E-state index in [2.05, 4.69) is 35.4 Å². The zero-order valence-electron chi connectivity index (χ0n) is 10.7. The molecule has 1 aliphatic heterocycles. The molecule has 3 rings (SSSR count). The van der Waals surface area contributed by atoms with Gasteiger partial charge in [0, 0.05) is 26.7 Å². The molecule has 19 heavy (non-hydrogen) atoms. The van der Waals surface area contributed by atoms with Crippen LogP contribution < -0.4 is 10.1 Å². The summed E-state index contributed by atoms with van der Waals surface area (Å²) in [4.78, 5) is 5.79. The molecule has 0 radical (unpaired) electrons. The first kappa shape index (κ1) is 13.9. The van der Waals surface area contributed by atoms with Gasteiger partial charge in [-0.2, -0.15) is 0 Å². The number of fused-ring (bicyclic) bond motifs is 1. The first-order valence-corrected chi connectivity index (χ1v) is 6.62. The maximum atomic E-state index is 5.31. The summed E-state index contributed by atoms with van der Waals surface area (Å²) in [6.45, 7) is 2.15. The van der Waals surface area contributed by atoms with Gasteiger partial charge in [0.1, 0.15) is 5.75 Å². The largest absolute Gasteiger partial charge is 0.497 e. The number of nitrogens with zero attached hydrogens (tertiary/aromatic N) is 1. The number of aliphatic imine (C=N–C) groups is 1. The van der Waals surface area contributed by atoms with E-state index in [1.165, 1.54) is 20.5 Å². The van der Waals surface area contributed by atoms with Crippen LogP contribution in [0.2, 0.25) is 0 Å². The summed E-state index contributed by atoms with van der Waals surface area (Å²) in [5.74, 6) is 0.892. The lowest BCUT2D eigenvalue weighted by molar-refractivity contribution is 0.415. The average molecular weight is 295 g/mol. The van der Waals surface area contributed by atoms with Crippen molar-refractivity contribution < 1.29 is 4.74 Å². The van der Waals surface area contributed by atoms with Gasteiger partial charge < -0.3 is 10.1 Å². The van der Waals surface area contributed by atoms with Gasteiger partial charge in [-0.1, -0.05) is 0 Å². The van der Waals surface area contributed by atoms with Crippen molar-refractivity contribution in [3.63, 3.8) is 0 Å². The first-order valence-electron chi connectivity index (χ1n) is 5.81. The average Bonchev–Trinajstić information content (AvgIpc) is 2.74. The van der Waals surface area contributed by atoms with E-state index in [0.29, 0.717) is 0 Å². The molecule has 1 unspecified atom stereocenters. The third kappa shape index (κ3) is 2.46. The highest BCUT2D eigenvalue weighted by molar-refractivity contribution is 7.19. The van der Waals surface area contributed by atoms with Gasteiger partial charge >= 0.3 is 0 Å². The molecule has 0 spiro atoms. The molecule has 2 aromatic rings. The Hall–Kier alpha value is -1.52. The van der Waals surface area contributed by atoms with Crippen LogP contribution in [0.25, 0.3) is 10.1 Å². The molecule has 1 aromatic heterocycles. The summed E-state index contributed by atoms with van der Waals surface area (Å²) in [7, 11) is 1.70. The number of ether oxygens (including phenoxy) is 1. The minimum Gasteiger partial charge on any atom is -0.497 e. The van der Waals surface area contributed by atoms with Crippen LogP contribution in [0.3, 0.4) is 0 Å². The molecule has 1 N–H and O–H groups in total. The number of benzene rings is 1. The van der Waals surface area contributed by atoms with Crippen LogP contribution in [0.15, 0.2) is 35.5 Å². The fourth-order valence-electron chi connectivity index (χ4n) is 2.25. The molecule has 100 valence electrons. The van der Waals surface area contributed by atoms with E-state index in [1.807, 2.05) is 23.6 Å². The van der Waals surface area contributed by atoms with Gasteiger partial charge in [-0.3, -0.25) is 4.99 Å². The van der Waals surface area contributed by atoms with E-state index in [0.717, 1.165) is 5.75 Å². The minimum atomic E-state index is 0. The van der Waals surface area contributed by atoms with Crippen molar-refractivity contribution >= 4 is 40.2 Å². The Kier molecular flexibility index (Phi) is 4.12. The van der Waals surface area contributed by atoms with E-state index < -0.39 is 0 Å². The Labute approximate surface area is 122 Å². The molecule has 2 heterocycles. The third-order valence-electron chi connectivity index (χ3n) is 3.10. The molecule has 1 aliphatic rings. The highest BCUT2D eigenvalue weighted by atomic mass is 35.5. The van der Waals surface area contributed by atoms with E-state index >= 15 is 0 Å². The Morgan fingerprint density at radius 1 is 1.37 bits per heavy atom. The Morgan fingerprint density at radius 2 is 2.21 bits per heavy atom. The van der Waals surface area contributed by atoms with Crippen molar-refractivity contribution in [2.45, 2.75) is 13.0 Å². The highest BCUT2D eigenvalue weighted by Crippen LogP contribution is 2.38. The number of nitrogens with one attached hydrogen (secondary N) is 1. The van der Waals surface area contributed by atoms with Gasteiger partial charge in [-0.25, -0.2) is 0 Å². The summed E-state index contributed by atoms with van der Waals surface area (Å²) >= 11 is 1.81. The van der Waals surface area contributed by atoms with Crippen LogP contribution in [0.5, 0.6) is 5.75 Å². The molecular formula is C14H15ClN2OS. The fraction of sp³-hybridized carbons (Fsp3) is 0.214. The summed E-state index contributed by atoms with van der Waals surface area (Å²) in [6.07, 6.45) is 5.75. The van der Waals surface area contributed by atoms with Gasteiger partial charge in [0.25, 0.3) is 0 Å². The van der Waals surface area contributed by atoms with Gasteiger partial charge in [-0.15, -0.1) is 23.7 Å². The second kappa shape index (κ2) is 5.63. The van der Waals surface area contributed by atoms with E-state index in [1.54, 1.807) is 13.4 Å². The van der Waals surface area contributed by atoms with Gasteiger partial charge in [0.05, 0.1) is 19.5 Å². The first-order chi connectivity index (χ1) is 8.79. The Morgan fingerprint density at radius 3 is 2.89 bits per heavy atom. The lowest BCUT2D eigenvalue weighted by Gasteiger charge is -2.12. The van der Waals surface area contributed by atoms with Crippen molar-refractivity contribution in [2.75, 3.05) is 7.11 Å². The van der Waals surface area contributed by atoms with E-state index in [-0.39, 0.29) is 18.4 Å². The van der Waals surface area contributed by atoms with Gasteiger partial charge in [-0.05, 0) is 31.2 Å². The molecule has 3 nitrogen and oxygen atoms in total. The predicted octanol–water partition coefficient (Wildman–Crippen LogP) is 3.83. The monoisotopic (exact) mass is 294 g/mol. The van der Waals surface area contributed by atoms with Crippen LogP contribution in [0, 0.1) is 6.92 Å². The molecule has 0 saturated heterocycles. The molecule has 0 amide bonds. The number of thiophene rings is 1. The Balaban J connectivity index is 0.00000133. The summed E-state index contributed by atoms with van der Waals surface area (Å²) in [5, 5.41) is 4.21. The SMILES string of the molecule is COc1ccc2sc(C)c(C3C=CNC=N3)c2c1.Cl. The highest BCUT2D eigenvalue weighted by Gasteiger charge is 2.17. The quantitative estimate of drug-likeness (QED) is 0.913. The zero-order valence-corrected chi connectivity index (χ0v) is 12.3. The molecule has 0 bridgehead atoms. The van der Waals surface area contributed by atoms with Crippen molar-refractivity contribution in [1.29, 1.82) is 0 Å². The summed E-state index contributed by atoms with van der Waals surface area (Å²) in [6, 6.07) is 6.32. The lowest BCUT2D eigenvalue weighted by Crippen LogP contribution is -2.08. The van der Waals surface area contributed by atoms with Gasteiger partial charge in [0.2, 0.25) is 0 Å². The molecule has 0 saturated carbocycles. The van der Waals surface area contributed by atoms with Crippen LogP contribution in [-0.4, -0.2) is 13.4 Å². The van der Waals surface area contributed by atoms with Crippen molar-refractivity contribution in [3.8, 4) is 5.75 Å². The number of hydrogen-bond donors (Lipinski definition) is 1. The second-order valence-electron chi connectivity index (χ2n) is 4.18. The normalized spacial score (nSPS) is 17.1. The number of aryl methyl sites for hydroxylation is 1. The van der Waals surface area contributed by atoms with Crippen LogP contribution in [0.1, 0.15) is 16.5 Å². The number of hydrogen-bond acceptors (Lipinski definition) is 4. The van der Waals surface area contributed by atoms with Gasteiger partial charge in [0.15, 0.2) is 0 Å². The van der Waals surface area contributed by atoms with Crippen LogP contribution in [-0.2, 0) is 0 Å². The van der Waals surface area contributed by atoms with Crippen LogP contribution >= 0.6 is 23.7 Å².